The Bertz CT molecular complexity index is 1050. The van der Waals surface area contributed by atoms with Crippen LogP contribution in [-0.4, -0.2) is 73.8 Å². The van der Waals surface area contributed by atoms with Crippen LogP contribution < -0.4 is 0 Å². The molecule has 0 aliphatic carbocycles. The molecule has 1 aromatic carbocycles. The Morgan fingerprint density at radius 2 is 1.34 bits per heavy atom. The molecule has 13 heteroatoms. The lowest BCUT2D eigenvalue weighted by atomic mass is 9.98. The van der Waals surface area contributed by atoms with E-state index in [0.717, 1.165) is 27.7 Å². The van der Waals surface area contributed by atoms with Crippen LogP contribution in [0.2, 0.25) is 5.02 Å². The summed E-state index contributed by atoms with van der Waals surface area (Å²) in [5, 5.41) is 0.459. The number of benzene rings is 1. The highest BCUT2D eigenvalue weighted by Crippen LogP contribution is 2.31. The van der Waals surface area contributed by atoms with Crippen molar-refractivity contribution in [1.29, 1.82) is 0 Å². The zero-order valence-corrected chi connectivity index (χ0v) is 22.2. The van der Waals surface area contributed by atoms with E-state index in [1.54, 1.807) is 31.2 Å². The van der Waals surface area contributed by atoms with Gasteiger partial charge in [0.1, 0.15) is 12.7 Å². The Labute approximate surface area is 224 Å². The number of rotatable bonds is 10. The highest BCUT2D eigenvalue weighted by atomic mass is 35.5. The maximum absolute atomic E-state index is 12.8. The van der Waals surface area contributed by atoms with Crippen LogP contribution in [0.3, 0.4) is 0 Å². The summed E-state index contributed by atoms with van der Waals surface area (Å²) in [5.41, 5.74) is 0.503. The quantitative estimate of drug-likeness (QED) is 0.180. The second-order valence-corrected chi connectivity index (χ2v) is 8.40. The van der Waals surface area contributed by atoms with Crippen molar-refractivity contribution < 1.29 is 57.1 Å². The molecule has 2 rings (SSSR count). The number of carbonyl (C=O) groups is 5. The molecule has 0 bridgehead atoms. The van der Waals surface area contributed by atoms with Crippen molar-refractivity contribution in [2.24, 2.45) is 0 Å². The lowest BCUT2D eigenvalue weighted by Gasteiger charge is -2.43. The van der Waals surface area contributed by atoms with E-state index in [1.807, 2.05) is 0 Å². The molecule has 0 spiro atoms. The van der Waals surface area contributed by atoms with Gasteiger partial charge >= 0.3 is 29.8 Å². The third-order valence-corrected chi connectivity index (χ3v) is 5.09. The number of hydrogen-bond donors (Lipinski definition) is 0. The summed E-state index contributed by atoms with van der Waals surface area (Å²) in [7, 11) is 0. The monoisotopic (exact) mass is 556 g/mol. The molecule has 1 heterocycles. The predicted molar refractivity (Wildman–Crippen MR) is 129 cm³/mol. The van der Waals surface area contributed by atoms with Gasteiger partial charge < -0.3 is 33.2 Å². The SMILES string of the molecule is CCOC(=O)C(=Cc1ccc(Cl)cc1)O[C@H]1O[C@@H](COC(C)=O)[C@H](OC(C)=O)[C@@H](OC(C)=O)[C@@H]1OC(C)=O. The van der Waals surface area contributed by atoms with E-state index in [1.165, 1.54) is 6.08 Å². The smallest absolute Gasteiger partial charge is 0.373 e. The average Bonchev–Trinajstić information content (AvgIpc) is 2.81. The van der Waals surface area contributed by atoms with Crippen LogP contribution in [0.15, 0.2) is 30.0 Å². The molecule has 1 fully saturated rings. The van der Waals surface area contributed by atoms with E-state index in [2.05, 4.69) is 0 Å². The van der Waals surface area contributed by atoms with Crippen LogP contribution in [0.5, 0.6) is 0 Å². The molecule has 0 saturated carbocycles. The Balaban J connectivity index is 2.56. The molecular formula is C25H29ClO12. The third-order valence-electron chi connectivity index (χ3n) is 4.84. The number of ether oxygens (including phenoxy) is 7. The van der Waals surface area contributed by atoms with Gasteiger partial charge in [-0.05, 0) is 30.7 Å². The van der Waals surface area contributed by atoms with Gasteiger partial charge in [0.15, 0.2) is 12.2 Å². The molecule has 0 N–H and O–H groups in total. The van der Waals surface area contributed by atoms with E-state index in [9.17, 15) is 24.0 Å². The van der Waals surface area contributed by atoms with Gasteiger partial charge in [-0.25, -0.2) is 4.79 Å². The van der Waals surface area contributed by atoms with E-state index < -0.39 is 67.2 Å². The molecule has 1 aliphatic rings. The van der Waals surface area contributed by atoms with Gasteiger partial charge in [-0.15, -0.1) is 0 Å². The Kier molecular flexibility index (Phi) is 11.5. The van der Waals surface area contributed by atoms with Crippen molar-refractivity contribution in [2.45, 2.75) is 65.3 Å². The van der Waals surface area contributed by atoms with E-state index in [4.69, 9.17) is 44.8 Å². The van der Waals surface area contributed by atoms with Crippen LogP contribution in [0.1, 0.15) is 40.2 Å². The fourth-order valence-corrected chi connectivity index (χ4v) is 3.59. The maximum atomic E-state index is 12.8. The predicted octanol–water partition coefficient (Wildman–Crippen LogP) is 2.34. The number of halogens is 1. The first kappa shape index (κ1) is 30.6. The van der Waals surface area contributed by atoms with Gasteiger partial charge in [-0.1, -0.05) is 23.7 Å². The maximum Gasteiger partial charge on any atom is 0.373 e. The summed E-state index contributed by atoms with van der Waals surface area (Å²) in [6.07, 6.45) is -5.86. The molecule has 0 radical (unpaired) electrons. The Morgan fingerprint density at radius 1 is 0.789 bits per heavy atom. The molecule has 0 amide bonds. The van der Waals surface area contributed by atoms with Gasteiger partial charge in [0.05, 0.1) is 6.61 Å². The molecule has 1 aromatic rings. The number of esters is 5. The van der Waals surface area contributed by atoms with E-state index >= 15 is 0 Å². The summed E-state index contributed by atoms with van der Waals surface area (Å²) in [6.45, 7) is 5.58. The van der Waals surface area contributed by atoms with Crippen LogP contribution in [-0.2, 0) is 57.1 Å². The zero-order chi connectivity index (χ0) is 28.4. The Hall–Kier alpha value is -3.64. The highest BCUT2D eigenvalue weighted by Gasteiger charge is 2.53. The van der Waals surface area contributed by atoms with Crippen molar-refractivity contribution in [3.05, 3.63) is 40.6 Å². The molecular weight excluding hydrogens is 528 g/mol. The molecule has 0 aromatic heterocycles. The molecule has 1 aliphatic heterocycles. The molecule has 5 atom stereocenters. The van der Waals surface area contributed by atoms with Crippen molar-refractivity contribution in [2.75, 3.05) is 13.2 Å². The number of carbonyl (C=O) groups excluding carboxylic acids is 5. The molecule has 38 heavy (non-hydrogen) atoms. The standard InChI is InChI=1S/C25H29ClO12/c1-6-32-24(31)19(11-17-7-9-18(26)10-8-17)37-25-23(36-16(5)30)22(35-15(4)29)21(34-14(3)28)20(38-25)12-33-13(2)27/h7-11,20-23,25H,6,12H2,1-5H3/t20-,21-,22+,23-,25-/m0/s1. The molecule has 0 unspecified atom stereocenters. The fourth-order valence-electron chi connectivity index (χ4n) is 3.46. The summed E-state index contributed by atoms with van der Waals surface area (Å²) in [6, 6.07) is 6.39. The summed E-state index contributed by atoms with van der Waals surface area (Å²) < 4.78 is 37.8. The lowest BCUT2D eigenvalue weighted by Crippen LogP contribution is -2.63. The minimum atomic E-state index is -1.60. The van der Waals surface area contributed by atoms with Crippen molar-refractivity contribution in [3.8, 4) is 0 Å². The largest absolute Gasteiger partial charge is 0.463 e. The van der Waals surface area contributed by atoms with Crippen molar-refractivity contribution in [3.63, 3.8) is 0 Å². The summed E-state index contributed by atoms with van der Waals surface area (Å²) in [5.74, 6) is -4.30. The molecule has 208 valence electrons. The number of hydrogen-bond acceptors (Lipinski definition) is 12. The zero-order valence-electron chi connectivity index (χ0n) is 21.5. The van der Waals surface area contributed by atoms with Crippen LogP contribution in [0.25, 0.3) is 6.08 Å². The first-order chi connectivity index (χ1) is 17.9. The average molecular weight is 557 g/mol. The molecule has 1 saturated heterocycles. The first-order valence-electron chi connectivity index (χ1n) is 11.5. The van der Waals surface area contributed by atoms with Crippen LogP contribution in [0, 0.1) is 0 Å². The second-order valence-electron chi connectivity index (χ2n) is 7.97. The minimum Gasteiger partial charge on any atom is -0.463 e. The van der Waals surface area contributed by atoms with Gasteiger partial charge in [-0.3, -0.25) is 19.2 Å². The summed E-state index contributed by atoms with van der Waals surface area (Å²) in [4.78, 5) is 60.1. The van der Waals surface area contributed by atoms with Gasteiger partial charge in [0.2, 0.25) is 18.2 Å². The fraction of sp³-hybridized carbons (Fsp3) is 0.480. The van der Waals surface area contributed by atoms with E-state index in [0.29, 0.717) is 10.6 Å². The highest BCUT2D eigenvalue weighted by molar-refractivity contribution is 6.30. The lowest BCUT2D eigenvalue weighted by molar-refractivity contribution is -0.299. The van der Waals surface area contributed by atoms with Crippen molar-refractivity contribution >= 4 is 47.5 Å². The normalized spacial score (nSPS) is 23.0. The van der Waals surface area contributed by atoms with Gasteiger partial charge in [0, 0.05) is 32.7 Å². The van der Waals surface area contributed by atoms with Gasteiger partial charge in [-0.2, -0.15) is 0 Å². The second kappa shape index (κ2) is 14.3. The van der Waals surface area contributed by atoms with E-state index in [-0.39, 0.29) is 12.4 Å². The van der Waals surface area contributed by atoms with Crippen molar-refractivity contribution in [1.82, 2.24) is 0 Å². The minimum absolute atomic E-state index is 0.0126. The molecule has 12 nitrogen and oxygen atoms in total. The summed E-state index contributed by atoms with van der Waals surface area (Å²) >= 11 is 5.93. The Morgan fingerprint density at radius 3 is 1.87 bits per heavy atom. The van der Waals surface area contributed by atoms with Gasteiger partial charge in [0.25, 0.3) is 0 Å². The third kappa shape index (κ3) is 9.34. The van der Waals surface area contributed by atoms with Crippen LogP contribution >= 0.6 is 11.6 Å². The van der Waals surface area contributed by atoms with Crippen LogP contribution in [0.4, 0.5) is 0 Å². The topological polar surface area (TPSA) is 150 Å². The first-order valence-corrected chi connectivity index (χ1v) is 11.9.